The van der Waals surface area contributed by atoms with Gasteiger partial charge in [-0.1, -0.05) is 41.5 Å². The number of rotatable bonds is 4. The van der Waals surface area contributed by atoms with Crippen molar-refractivity contribution in [1.29, 1.82) is 5.26 Å². The van der Waals surface area contributed by atoms with Gasteiger partial charge in [0.25, 0.3) is 0 Å². The van der Waals surface area contributed by atoms with Crippen molar-refractivity contribution in [3.63, 3.8) is 0 Å². The fourth-order valence-electron chi connectivity index (χ4n) is 10.1. The van der Waals surface area contributed by atoms with E-state index < -0.39 is 0 Å². The summed E-state index contributed by atoms with van der Waals surface area (Å²) in [7, 11) is 0. The highest BCUT2D eigenvalue weighted by Crippen LogP contribution is 2.69. The third kappa shape index (κ3) is 4.19. The maximum absolute atomic E-state index is 13.5. The van der Waals surface area contributed by atoms with E-state index in [4.69, 9.17) is 5.26 Å². The van der Waals surface area contributed by atoms with Crippen molar-refractivity contribution in [2.45, 2.75) is 106 Å². The summed E-state index contributed by atoms with van der Waals surface area (Å²) in [4.78, 5) is 13.5. The molecule has 5 rings (SSSR count). The van der Waals surface area contributed by atoms with Crippen molar-refractivity contribution in [2.75, 3.05) is 0 Å². The van der Waals surface area contributed by atoms with Crippen LogP contribution in [-0.4, -0.2) is 15.6 Å². The van der Waals surface area contributed by atoms with Gasteiger partial charge in [0.1, 0.15) is 6.07 Å². The largest absolute Gasteiger partial charge is 0.297 e. The van der Waals surface area contributed by atoms with Crippen molar-refractivity contribution >= 4 is 5.78 Å². The number of nitrogens with zero attached hydrogens (tertiary/aromatic N) is 3. The molecule has 0 spiro atoms. The number of hydrogen-bond donors (Lipinski definition) is 0. The van der Waals surface area contributed by atoms with E-state index in [9.17, 15) is 4.79 Å². The minimum absolute atomic E-state index is 0.133. The Kier molecular flexibility index (Phi) is 6.25. The molecule has 0 N–H and O–H groups in total. The van der Waals surface area contributed by atoms with Crippen molar-refractivity contribution in [3.05, 3.63) is 18.0 Å². The fourth-order valence-corrected chi connectivity index (χ4v) is 10.1. The lowest BCUT2D eigenvalue weighted by molar-refractivity contribution is -0.155. The van der Waals surface area contributed by atoms with Crippen LogP contribution in [0, 0.1) is 69.0 Å². The molecule has 0 aliphatic heterocycles. The molecule has 1 aromatic rings. The van der Waals surface area contributed by atoms with Crippen LogP contribution in [0.5, 0.6) is 0 Å². The highest BCUT2D eigenvalue weighted by Gasteiger charge is 2.62. The van der Waals surface area contributed by atoms with E-state index in [2.05, 4.69) is 52.7 Å². The van der Waals surface area contributed by atoms with Gasteiger partial charge >= 0.3 is 0 Å². The van der Waals surface area contributed by atoms with E-state index in [1.807, 2.05) is 0 Å². The Labute approximate surface area is 213 Å². The number of ketones is 1. The zero-order valence-corrected chi connectivity index (χ0v) is 23.0. The summed E-state index contributed by atoms with van der Waals surface area (Å²) in [6, 6.07) is 2.13. The molecule has 4 fully saturated rings. The molecule has 4 heteroatoms. The Bertz CT molecular complexity index is 998. The van der Waals surface area contributed by atoms with E-state index in [-0.39, 0.29) is 11.3 Å². The summed E-state index contributed by atoms with van der Waals surface area (Å²) in [5, 5.41) is 13.4. The van der Waals surface area contributed by atoms with Crippen LogP contribution in [0.25, 0.3) is 0 Å². The lowest BCUT2D eigenvalue weighted by atomic mass is 9.41. The van der Waals surface area contributed by atoms with Crippen molar-refractivity contribution in [3.8, 4) is 6.07 Å². The Morgan fingerprint density at radius 3 is 2.60 bits per heavy atom. The van der Waals surface area contributed by atoms with Gasteiger partial charge in [0, 0.05) is 12.1 Å². The monoisotopic (exact) mass is 477 g/mol. The zero-order chi connectivity index (χ0) is 25.2. The second-order valence-corrected chi connectivity index (χ2v) is 14.7. The molecule has 4 nitrogen and oxygen atoms in total. The first-order valence-corrected chi connectivity index (χ1v) is 14.4. The van der Waals surface area contributed by atoms with E-state index in [0.717, 1.165) is 36.0 Å². The van der Waals surface area contributed by atoms with Crippen LogP contribution in [-0.2, 0) is 11.3 Å². The molecule has 1 aromatic heterocycles. The lowest BCUT2D eigenvalue weighted by Gasteiger charge is -2.64. The van der Waals surface area contributed by atoms with Gasteiger partial charge in [-0.25, -0.2) is 0 Å². The summed E-state index contributed by atoms with van der Waals surface area (Å²) < 4.78 is 1.68. The summed E-state index contributed by atoms with van der Waals surface area (Å²) in [5.41, 5.74) is 1.52. The molecule has 9 unspecified atom stereocenters. The van der Waals surface area contributed by atoms with Gasteiger partial charge < -0.3 is 0 Å². The van der Waals surface area contributed by atoms with Crippen LogP contribution in [0.3, 0.4) is 0 Å². The SMILES string of the molecule is CC1CC2CCC3C4CCC(C(=O)Cn5cc(C#N)cn5)C4(C)CCC3C2(C)C(CC(C)(C)C)C1. The second-order valence-electron chi connectivity index (χ2n) is 14.7. The molecular formula is C31H47N3O. The molecule has 192 valence electrons. The number of carbonyl (C=O) groups is 1. The van der Waals surface area contributed by atoms with Crippen LogP contribution in [0.2, 0.25) is 0 Å². The third-order valence-electron chi connectivity index (χ3n) is 11.5. The maximum Gasteiger partial charge on any atom is 0.157 e. The predicted octanol–water partition coefficient (Wildman–Crippen LogP) is 7.28. The molecule has 9 atom stereocenters. The summed E-state index contributed by atoms with van der Waals surface area (Å²) in [5.74, 6) is 5.37. The van der Waals surface area contributed by atoms with Crippen LogP contribution in [0.4, 0.5) is 0 Å². The number of aromatic nitrogens is 2. The van der Waals surface area contributed by atoms with Crippen LogP contribution >= 0.6 is 0 Å². The first-order chi connectivity index (χ1) is 16.5. The summed E-state index contributed by atoms with van der Waals surface area (Å²) >= 11 is 0. The number of hydrogen-bond acceptors (Lipinski definition) is 3. The number of fused-ring (bicyclic) bond motifs is 5. The predicted molar refractivity (Wildman–Crippen MR) is 139 cm³/mol. The van der Waals surface area contributed by atoms with E-state index >= 15 is 0 Å². The van der Waals surface area contributed by atoms with Crippen LogP contribution in [0.15, 0.2) is 12.4 Å². The molecule has 0 bridgehead atoms. The van der Waals surface area contributed by atoms with Crippen molar-refractivity contribution in [2.24, 2.45) is 57.7 Å². The van der Waals surface area contributed by atoms with Gasteiger partial charge in [0.2, 0.25) is 0 Å². The Balaban J connectivity index is 1.37. The molecule has 4 aliphatic rings. The smallest absolute Gasteiger partial charge is 0.157 e. The Morgan fingerprint density at radius 2 is 1.91 bits per heavy atom. The van der Waals surface area contributed by atoms with Gasteiger partial charge in [0.15, 0.2) is 5.78 Å². The molecule has 1 heterocycles. The number of nitriles is 1. The molecule has 0 amide bonds. The molecule has 0 radical (unpaired) electrons. The van der Waals surface area contributed by atoms with Gasteiger partial charge in [-0.15, -0.1) is 0 Å². The van der Waals surface area contributed by atoms with E-state index in [0.29, 0.717) is 34.6 Å². The van der Waals surface area contributed by atoms with E-state index in [1.165, 1.54) is 51.4 Å². The summed E-state index contributed by atoms with van der Waals surface area (Å²) in [6.07, 6.45) is 15.0. The van der Waals surface area contributed by atoms with E-state index in [1.54, 1.807) is 17.1 Å². The van der Waals surface area contributed by atoms with Crippen LogP contribution < -0.4 is 0 Å². The first-order valence-electron chi connectivity index (χ1n) is 14.4. The second kappa shape index (κ2) is 8.74. The average molecular weight is 478 g/mol. The minimum Gasteiger partial charge on any atom is -0.297 e. The van der Waals surface area contributed by atoms with Crippen molar-refractivity contribution < 1.29 is 4.79 Å². The average Bonchev–Trinajstić information content (AvgIpc) is 3.37. The normalized spacial score (nSPS) is 43.1. The molecule has 0 aromatic carbocycles. The zero-order valence-electron chi connectivity index (χ0n) is 23.0. The van der Waals surface area contributed by atoms with Crippen molar-refractivity contribution in [1.82, 2.24) is 9.78 Å². The topological polar surface area (TPSA) is 58.7 Å². The van der Waals surface area contributed by atoms with Crippen LogP contribution in [0.1, 0.15) is 105 Å². The standard InChI is InChI=1S/C31H47N3O/c1-20-13-22-7-8-24-25-9-10-27(28(35)19-34-18-21(16-32)17-33-34)30(25,5)12-11-26(24)31(22,6)23(14-20)15-29(2,3)4/h17-18,20,22-27H,7-15,19H2,1-6H3. The maximum atomic E-state index is 13.5. The summed E-state index contributed by atoms with van der Waals surface area (Å²) in [6.45, 7) is 15.3. The van der Waals surface area contributed by atoms with Gasteiger partial charge in [-0.2, -0.15) is 10.4 Å². The Hall–Kier alpha value is -1.63. The molecule has 35 heavy (non-hydrogen) atoms. The minimum atomic E-state index is 0.133. The Morgan fingerprint density at radius 1 is 1.14 bits per heavy atom. The van der Waals surface area contributed by atoms with Gasteiger partial charge in [-0.3, -0.25) is 9.48 Å². The third-order valence-corrected chi connectivity index (χ3v) is 11.5. The lowest BCUT2D eigenvalue weighted by Crippen LogP contribution is -2.57. The highest BCUT2D eigenvalue weighted by atomic mass is 16.1. The molecule has 0 saturated heterocycles. The first kappa shape index (κ1) is 25.0. The number of carbonyl (C=O) groups excluding carboxylic acids is 1. The molecular weight excluding hydrogens is 430 g/mol. The fraction of sp³-hybridized carbons (Fsp3) is 0.839. The quantitative estimate of drug-likeness (QED) is 0.458. The molecule has 4 aliphatic carbocycles. The molecule has 4 saturated carbocycles. The number of Topliss-reactive ketones (excluding diaryl/α,β-unsaturated/α-hetero) is 1. The van der Waals surface area contributed by atoms with Gasteiger partial charge in [-0.05, 0) is 110 Å². The van der Waals surface area contributed by atoms with Gasteiger partial charge in [0.05, 0.1) is 18.3 Å². The highest BCUT2D eigenvalue weighted by molar-refractivity contribution is 5.82.